The van der Waals surface area contributed by atoms with E-state index in [0.29, 0.717) is 6.07 Å². The van der Waals surface area contributed by atoms with Gasteiger partial charge in [-0.25, -0.2) is 9.74 Å². The maximum atomic E-state index is 13.5. The normalized spacial score (nSPS) is 31.4. The molecule has 4 atom stereocenters. The maximum Gasteiger partial charge on any atom is 0.407 e. The molecule has 0 saturated carbocycles. The topological polar surface area (TPSA) is 80.5 Å². The van der Waals surface area contributed by atoms with Gasteiger partial charge in [0.25, 0.3) is 0 Å². The number of carbonyl (C=O) groups is 3. The molecule has 3 aliphatic rings. The number of carbonyl (C=O) groups excluding carboxylic acids is 3. The molecule has 2 amide bonds. The number of halogens is 3. The van der Waals surface area contributed by atoms with Gasteiger partial charge in [0.15, 0.2) is 5.69 Å². The van der Waals surface area contributed by atoms with Crippen molar-refractivity contribution in [3.05, 3.63) is 35.2 Å². The van der Waals surface area contributed by atoms with Gasteiger partial charge in [-0.3, -0.25) is 19.3 Å². The van der Waals surface area contributed by atoms with Crippen LogP contribution in [0.4, 0.5) is 24.5 Å². The highest BCUT2D eigenvalue weighted by atomic mass is 19.4. The molecule has 0 unspecified atom stereocenters. The first-order valence-corrected chi connectivity index (χ1v) is 10.6. The molecule has 34 heavy (non-hydrogen) atoms. The van der Waals surface area contributed by atoms with Crippen LogP contribution in [0, 0.1) is 18.4 Å². The van der Waals surface area contributed by atoms with E-state index in [2.05, 4.69) is 4.85 Å². The number of imide groups is 1. The highest BCUT2D eigenvalue weighted by Crippen LogP contribution is 2.56. The van der Waals surface area contributed by atoms with Crippen molar-refractivity contribution in [1.29, 1.82) is 0 Å². The highest BCUT2D eigenvalue weighted by molar-refractivity contribution is 6.23. The lowest BCUT2D eigenvalue weighted by Gasteiger charge is -2.49. The number of methoxy groups -OCH3 is 1. The summed E-state index contributed by atoms with van der Waals surface area (Å²) in [7, 11) is 1.27. The lowest BCUT2D eigenvalue weighted by Crippen LogP contribution is -2.65. The fourth-order valence-corrected chi connectivity index (χ4v) is 5.65. The zero-order chi connectivity index (χ0) is 25.4. The number of anilines is 1. The smallest absolute Gasteiger partial charge is 0.407 e. The molecule has 3 fully saturated rings. The Morgan fingerprint density at radius 1 is 1.15 bits per heavy atom. The van der Waals surface area contributed by atoms with Gasteiger partial charge in [-0.15, -0.1) is 0 Å². The first-order valence-electron chi connectivity index (χ1n) is 10.6. The Labute approximate surface area is 194 Å². The number of fused-ring (bicyclic) bond motifs is 5. The van der Waals surface area contributed by atoms with Crippen molar-refractivity contribution < 1.29 is 37.0 Å². The first-order chi connectivity index (χ1) is 15.6. The molecule has 4 rings (SSSR count). The number of ether oxygens (including phenoxy) is 2. The summed E-state index contributed by atoms with van der Waals surface area (Å²) in [5.74, 6) is -3.70. The third-order valence-electron chi connectivity index (χ3n) is 7.24. The second kappa shape index (κ2) is 7.26. The predicted molar refractivity (Wildman–Crippen MR) is 113 cm³/mol. The van der Waals surface area contributed by atoms with E-state index in [1.165, 1.54) is 13.2 Å². The lowest BCUT2D eigenvalue weighted by atomic mass is 9.79. The summed E-state index contributed by atoms with van der Waals surface area (Å²) in [4.78, 5) is 44.9. The van der Waals surface area contributed by atoms with E-state index < -0.39 is 63.8 Å². The van der Waals surface area contributed by atoms with Crippen molar-refractivity contribution in [1.82, 2.24) is 4.90 Å². The molecule has 8 nitrogen and oxygen atoms in total. The van der Waals surface area contributed by atoms with Gasteiger partial charge in [-0.2, -0.15) is 13.2 Å². The predicted octanol–water partition coefficient (Wildman–Crippen LogP) is 3.18. The van der Waals surface area contributed by atoms with Crippen molar-refractivity contribution >= 4 is 29.2 Å². The molecule has 0 aromatic heterocycles. The summed E-state index contributed by atoms with van der Waals surface area (Å²) < 4.78 is 51.6. The van der Waals surface area contributed by atoms with Crippen LogP contribution in [0.1, 0.15) is 33.3 Å². The quantitative estimate of drug-likeness (QED) is 0.377. The van der Waals surface area contributed by atoms with E-state index in [1.807, 2.05) is 4.90 Å². The van der Waals surface area contributed by atoms with Crippen molar-refractivity contribution in [2.75, 3.05) is 25.1 Å². The minimum atomic E-state index is -4.82. The third kappa shape index (κ3) is 3.23. The zero-order valence-corrected chi connectivity index (χ0v) is 19.3. The number of nitrogens with zero attached hydrogens (tertiary/aromatic N) is 3. The van der Waals surface area contributed by atoms with Crippen LogP contribution in [0.25, 0.3) is 4.85 Å². The number of morpholine rings is 1. The number of rotatable bonds is 3. The van der Waals surface area contributed by atoms with Crippen molar-refractivity contribution in [3.63, 3.8) is 0 Å². The van der Waals surface area contributed by atoms with Crippen molar-refractivity contribution in [2.45, 2.75) is 50.6 Å². The van der Waals surface area contributed by atoms with Gasteiger partial charge in [0.2, 0.25) is 11.8 Å². The molecular weight excluding hydrogens is 455 g/mol. The summed E-state index contributed by atoms with van der Waals surface area (Å²) in [5, 5.41) is 0. The van der Waals surface area contributed by atoms with Gasteiger partial charge < -0.3 is 9.47 Å². The first kappa shape index (κ1) is 24.2. The van der Waals surface area contributed by atoms with Crippen molar-refractivity contribution in [3.8, 4) is 0 Å². The van der Waals surface area contributed by atoms with Crippen LogP contribution in [0.3, 0.4) is 0 Å². The second-order valence-corrected chi connectivity index (χ2v) is 9.91. The van der Waals surface area contributed by atoms with E-state index in [0.717, 1.165) is 11.0 Å². The van der Waals surface area contributed by atoms with Crippen LogP contribution in [0.2, 0.25) is 0 Å². The number of amides is 2. The largest absolute Gasteiger partial charge is 0.468 e. The number of likely N-dealkylation sites (tertiary alicyclic amines) is 1. The Hall–Kier alpha value is -2.97. The molecule has 1 aromatic carbocycles. The third-order valence-corrected chi connectivity index (χ3v) is 7.24. The van der Waals surface area contributed by atoms with Crippen LogP contribution >= 0.6 is 0 Å². The van der Waals surface area contributed by atoms with Gasteiger partial charge in [-0.05, 0) is 39.8 Å². The summed E-state index contributed by atoms with van der Waals surface area (Å²) in [6.07, 6.45) is -4.82. The summed E-state index contributed by atoms with van der Waals surface area (Å²) in [6.45, 7) is 14.0. The van der Waals surface area contributed by atoms with Gasteiger partial charge in [0, 0.05) is 18.8 Å². The van der Waals surface area contributed by atoms with Crippen LogP contribution in [0.5, 0.6) is 0 Å². The van der Waals surface area contributed by atoms with Crippen molar-refractivity contribution in [2.24, 2.45) is 11.8 Å². The Balaban J connectivity index is 1.75. The lowest BCUT2D eigenvalue weighted by molar-refractivity contribution is -0.191. The Bertz CT molecular complexity index is 1110. The maximum absolute atomic E-state index is 13.5. The van der Waals surface area contributed by atoms with E-state index in [-0.39, 0.29) is 18.8 Å². The number of benzene rings is 1. The summed E-state index contributed by atoms with van der Waals surface area (Å²) in [6, 6.07) is 2.80. The number of hydrogen-bond acceptors (Lipinski definition) is 6. The molecule has 0 radical (unpaired) electrons. The molecule has 1 aromatic rings. The van der Waals surface area contributed by atoms with Crippen LogP contribution in [-0.4, -0.2) is 59.6 Å². The molecule has 0 N–H and O–H groups in total. The second-order valence-electron chi connectivity index (χ2n) is 9.91. The minimum absolute atomic E-state index is 0.142. The fourth-order valence-electron chi connectivity index (χ4n) is 5.65. The Morgan fingerprint density at radius 3 is 2.12 bits per heavy atom. The molecule has 3 aliphatic heterocycles. The van der Waals surface area contributed by atoms with Crippen LogP contribution in [0.15, 0.2) is 18.2 Å². The number of alkyl halides is 3. The highest BCUT2D eigenvalue weighted by Gasteiger charge is 2.72. The Morgan fingerprint density at radius 2 is 1.68 bits per heavy atom. The van der Waals surface area contributed by atoms with Crippen LogP contribution < -0.4 is 4.90 Å². The number of hydrogen-bond donors (Lipinski definition) is 0. The van der Waals surface area contributed by atoms with E-state index in [4.69, 9.17) is 16.0 Å². The Kier molecular flexibility index (Phi) is 5.16. The average Bonchev–Trinajstić information content (AvgIpc) is 3.11. The van der Waals surface area contributed by atoms with Crippen LogP contribution in [-0.2, 0) is 30.0 Å². The molecular formula is C23H24F3N3O5. The molecule has 2 bridgehead atoms. The minimum Gasteiger partial charge on any atom is -0.468 e. The van der Waals surface area contributed by atoms with Gasteiger partial charge in [-0.1, -0.05) is 6.07 Å². The summed E-state index contributed by atoms with van der Waals surface area (Å²) in [5.41, 5.74) is -5.43. The van der Waals surface area contributed by atoms with E-state index in [1.54, 1.807) is 27.7 Å². The SMILES string of the molecule is [C-]#[N+]c1ccc(N2C(=O)[C@@H]3[C@H](C2=O)[C@@]2(C)CN(C(C)(C)C(=O)OC)C[C@]3(C)O2)cc1C(F)(F)F. The standard InChI is InChI=1S/C23H24F3N3O5/c1-20(2,19(32)33-6)28-10-21(3)15-16(22(4,11-28)34-21)18(31)29(17(15)30)12-7-8-14(27-5)13(9-12)23(24,25)26/h7-9,15-16H,10-11H2,1-4,6H3/t15-,16+,21-,22+. The average molecular weight is 479 g/mol. The molecule has 0 spiro atoms. The molecule has 3 saturated heterocycles. The number of esters is 1. The molecule has 3 heterocycles. The summed E-state index contributed by atoms with van der Waals surface area (Å²) >= 11 is 0. The monoisotopic (exact) mass is 479 g/mol. The fraction of sp³-hybridized carbons (Fsp3) is 0.565. The molecule has 11 heteroatoms. The molecule has 182 valence electrons. The van der Waals surface area contributed by atoms with E-state index in [9.17, 15) is 27.6 Å². The zero-order valence-electron chi connectivity index (χ0n) is 19.3. The van der Waals surface area contributed by atoms with Gasteiger partial charge in [0.05, 0.1) is 42.3 Å². The van der Waals surface area contributed by atoms with E-state index >= 15 is 0 Å². The molecule has 0 aliphatic carbocycles. The van der Waals surface area contributed by atoms with Gasteiger partial charge >= 0.3 is 12.1 Å². The van der Waals surface area contributed by atoms with Gasteiger partial charge in [0.1, 0.15) is 5.54 Å².